The van der Waals surface area contributed by atoms with Crippen LogP contribution in [0.1, 0.15) is 39.7 Å². The molecule has 0 saturated carbocycles. The first-order valence-electron chi connectivity index (χ1n) is 7.27. The van der Waals surface area contributed by atoms with E-state index in [-0.39, 0.29) is 0 Å². The summed E-state index contributed by atoms with van der Waals surface area (Å²) >= 11 is 0. The van der Waals surface area contributed by atoms with Crippen LogP contribution in [0.3, 0.4) is 0 Å². The first-order valence-corrected chi connectivity index (χ1v) is 7.27. The highest BCUT2D eigenvalue weighted by molar-refractivity contribution is 5.33. The van der Waals surface area contributed by atoms with Gasteiger partial charge in [0.25, 0.3) is 0 Å². The number of ether oxygens (including phenoxy) is 1. The first-order chi connectivity index (χ1) is 8.94. The van der Waals surface area contributed by atoms with E-state index < -0.39 is 0 Å². The van der Waals surface area contributed by atoms with Gasteiger partial charge in [-0.1, -0.05) is 45.9 Å². The minimum absolute atomic E-state index is 0.290. The lowest BCUT2D eigenvalue weighted by atomic mass is 9.82. The largest absolute Gasteiger partial charge is 0.496 e. The summed E-state index contributed by atoms with van der Waals surface area (Å²) in [6.07, 6.45) is 2.23. The Kier molecular flexibility index (Phi) is 6.36. The molecule has 0 fully saturated rings. The van der Waals surface area contributed by atoms with Crippen molar-refractivity contribution in [3.8, 4) is 5.75 Å². The van der Waals surface area contributed by atoms with Gasteiger partial charge >= 0.3 is 0 Å². The Morgan fingerprint density at radius 2 is 1.89 bits per heavy atom. The van der Waals surface area contributed by atoms with E-state index in [9.17, 15) is 0 Å². The van der Waals surface area contributed by atoms with Crippen LogP contribution in [0.2, 0.25) is 0 Å². The fourth-order valence-electron chi connectivity index (χ4n) is 2.27. The minimum Gasteiger partial charge on any atom is -0.496 e. The number of rotatable bonds is 8. The van der Waals surface area contributed by atoms with Crippen LogP contribution in [-0.4, -0.2) is 20.2 Å². The van der Waals surface area contributed by atoms with Gasteiger partial charge in [-0.25, -0.2) is 0 Å². The number of benzene rings is 1. The summed E-state index contributed by atoms with van der Waals surface area (Å²) in [6.45, 7) is 11.3. The maximum atomic E-state index is 5.43. The van der Waals surface area contributed by atoms with Crippen molar-refractivity contribution in [2.45, 2.75) is 40.5 Å². The van der Waals surface area contributed by atoms with Crippen LogP contribution in [0.4, 0.5) is 0 Å². The number of para-hydroxylation sites is 1. The second kappa shape index (κ2) is 7.54. The van der Waals surface area contributed by atoms with Gasteiger partial charge in [-0.05, 0) is 48.9 Å². The van der Waals surface area contributed by atoms with E-state index in [4.69, 9.17) is 4.74 Å². The summed E-state index contributed by atoms with van der Waals surface area (Å²) in [5.74, 6) is 1.73. The molecule has 1 aromatic carbocycles. The molecular formula is C17H29NO. The standard InChI is InChI=1S/C17H29NO/c1-14(2)13-18-11-10-17(3,4)12-15-8-6-7-9-16(15)19-5/h6-9,14,18H,10-13H2,1-5H3. The third kappa shape index (κ3) is 6.11. The van der Waals surface area contributed by atoms with Crippen LogP contribution in [0.5, 0.6) is 5.75 Å². The van der Waals surface area contributed by atoms with E-state index in [1.807, 2.05) is 12.1 Å². The molecule has 2 nitrogen and oxygen atoms in total. The topological polar surface area (TPSA) is 21.3 Å². The molecule has 19 heavy (non-hydrogen) atoms. The van der Waals surface area contributed by atoms with Gasteiger partial charge in [-0.15, -0.1) is 0 Å². The molecule has 1 rings (SSSR count). The fourth-order valence-corrected chi connectivity index (χ4v) is 2.27. The van der Waals surface area contributed by atoms with Gasteiger partial charge in [-0.3, -0.25) is 0 Å². The van der Waals surface area contributed by atoms with Crippen molar-refractivity contribution >= 4 is 0 Å². The van der Waals surface area contributed by atoms with E-state index >= 15 is 0 Å². The average Bonchev–Trinajstić information content (AvgIpc) is 2.35. The van der Waals surface area contributed by atoms with Gasteiger partial charge in [0.15, 0.2) is 0 Å². The van der Waals surface area contributed by atoms with Crippen molar-refractivity contribution in [2.24, 2.45) is 11.3 Å². The van der Waals surface area contributed by atoms with Crippen LogP contribution in [-0.2, 0) is 6.42 Å². The van der Waals surface area contributed by atoms with Gasteiger partial charge in [0, 0.05) is 0 Å². The second-order valence-electron chi connectivity index (χ2n) is 6.50. The molecule has 0 unspecified atom stereocenters. The van der Waals surface area contributed by atoms with Gasteiger partial charge in [0.1, 0.15) is 5.75 Å². The fraction of sp³-hybridized carbons (Fsp3) is 0.647. The van der Waals surface area contributed by atoms with Crippen molar-refractivity contribution in [1.29, 1.82) is 0 Å². The van der Waals surface area contributed by atoms with Gasteiger partial charge < -0.3 is 10.1 Å². The summed E-state index contributed by atoms with van der Waals surface area (Å²) in [7, 11) is 1.75. The Morgan fingerprint density at radius 3 is 2.53 bits per heavy atom. The molecule has 0 aliphatic carbocycles. The van der Waals surface area contributed by atoms with E-state index in [1.165, 1.54) is 12.0 Å². The third-order valence-corrected chi connectivity index (χ3v) is 3.39. The maximum absolute atomic E-state index is 5.43. The average molecular weight is 263 g/mol. The van der Waals surface area contributed by atoms with Crippen LogP contribution < -0.4 is 10.1 Å². The van der Waals surface area contributed by atoms with E-state index in [2.05, 4.69) is 45.1 Å². The molecule has 0 amide bonds. The molecular weight excluding hydrogens is 234 g/mol. The molecule has 0 radical (unpaired) electrons. The summed E-state index contributed by atoms with van der Waals surface area (Å²) in [4.78, 5) is 0. The summed E-state index contributed by atoms with van der Waals surface area (Å²) < 4.78 is 5.43. The molecule has 1 N–H and O–H groups in total. The molecule has 0 heterocycles. The molecule has 0 saturated heterocycles. The Morgan fingerprint density at radius 1 is 1.21 bits per heavy atom. The van der Waals surface area contributed by atoms with Crippen molar-refractivity contribution in [2.75, 3.05) is 20.2 Å². The Balaban J connectivity index is 2.49. The smallest absolute Gasteiger partial charge is 0.122 e. The molecule has 1 aromatic rings. The quantitative estimate of drug-likeness (QED) is 0.718. The van der Waals surface area contributed by atoms with Crippen LogP contribution in [0.25, 0.3) is 0 Å². The predicted octanol–water partition coefficient (Wildman–Crippen LogP) is 3.90. The van der Waals surface area contributed by atoms with E-state index in [1.54, 1.807) is 7.11 Å². The van der Waals surface area contributed by atoms with Gasteiger partial charge in [-0.2, -0.15) is 0 Å². The van der Waals surface area contributed by atoms with Crippen molar-refractivity contribution in [3.05, 3.63) is 29.8 Å². The monoisotopic (exact) mass is 263 g/mol. The van der Waals surface area contributed by atoms with Crippen LogP contribution in [0, 0.1) is 11.3 Å². The van der Waals surface area contributed by atoms with E-state index in [0.29, 0.717) is 5.41 Å². The van der Waals surface area contributed by atoms with Crippen LogP contribution >= 0.6 is 0 Å². The van der Waals surface area contributed by atoms with Gasteiger partial charge in [0.05, 0.1) is 7.11 Å². The lowest BCUT2D eigenvalue weighted by molar-refractivity contribution is 0.315. The molecule has 0 bridgehead atoms. The summed E-state index contributed by atoms with van der Waals surface area (Å²) in [5.41, 5.74) is 1.59. The number of nitrogens with one attached hydrogen (secondary N) is 1. The Labute approximate surface area is 118 Å². The molecule has 108 valence electrons. The molecule has 0 spiro atoms. The summed E-state index contributed by atoms with van der Waals surface area (Å²) in [5, 5.41) is 3.52. The normalized spacial score (nSPS) is 11.9. The van der Waals surface area contributed by atoms with Gasteiger partial charge in [0.2, 0.25) is 0 Å². The number of methoxy groups -OCH3 is 1. The SMILES string of the molecule is COc1ccccc1CC(C)(C)CCNCC(C)C. The minimum atomic E-state index is 0.290. The zero-order valence-corrected chi connectivity index (χ0v) is 13.1. The zero-order valence-electron chi connectivity index (χ0n) is 13.1. The number of hydrogen-bond acceptors (Lipinski definition) is 2. The molecule has 0 aliphatic heterocycles. The van der Waals surface area contributed by atoms with E-state index in [0.717, 1.165) is 31.2 Å². The molecule has 2 heteroatoms. The summed E-state index contributed by atoms with van der Waals surface area (Å²) in [6, 6.07) is 8.33. The Hall–Kier alpha value is -1.02. The highest BCUT2D eigenvalue weighted by atomic mass is 16.5. The van der Waals surface area contributed by atoms with Crippen molar-refractivity contribution < 1.29 is 4.74 Å². The number of hydrogen-bond donors (Lipinski definition) is 1. The molecule has 0 aromatic heterocycles. The van der Waals surface area contributed by atoms with Crippen LogP contribution in [0.15, 0.2) is 24.3 Å². The first kappa shape index (κ1) is 16.0. The lowest BCUT2D eigenvalue weighted by Crippen LogP contribution is -2.26. The van der Waals surface area contributed by atoms with Crippen molar-refractivity contribution in [3.63, 3.8) is 0 Å². The highest BCUT2D eigenvalue weighted by Crippen LogP contribution is 2.29. The molecule has 0 atom stereocenters. The Bertz CT molecular complexity index is 371. The predicted molar refractivity (Wildman–Crippen MR) is 82.8 cm³/mol. The van der Waals surface area contributed by atoms with Crippen molar-refractivity contribution in [1.82, 2.24) is 5.32 Å². The third-order valence-electron chi connectivity index (χ3n) is 3.39. The molecule has 0 aliphatic rings. The second-order valence-corrected chi connectivity index (χ2v) is 6.50. The zero-order chi connectivity index (χ0) is 14.3. The lowest BCUT2D eigenvalue weighted by Gasteiger charge is -2.26. The highest BCUT2D eigenvalue weighted by Gasteiger charge is 2.19. The maximum Gasteiger partial charge on any atom is 0.122 e.